The lowest BCUT2D eigenvalue weighted by Gasteiger charge is -2.33. The molecule has 0 aromatic carbocycles. The van der Waals surface area contributed by atoms with Crippen molar-refractivity contribution in [1.29, 1.82) is 0 Å². The summed E-state index contributed by atoms with van der Waals surface area (Å²) in [6.07, 6.45) is -1.91. The molecule has 100 valence electrons. The average Bonchev–Trinajstić information content (AvgIpc) is 2.28. The van der Waals surface area contributed by atoms with Crippen LogP contribution in [-0.2, 0) is 9.53 Å². The van der Waals surface area contributed by atoms with Gasteiger partial charge in [-0.1, -0.05) is 12.8 Å². The van der Waals surface area contributed by atoms with E-state index in [0.717, 1.165) is 6.42 Å². The minimum atomic E-state index is -4.15. The number of carbonyl (C=O) groups is 1. The summed E-state index contributed by atoms with van der Waals surface area (Å²) in [6.45, 7) is 0.240. The first-order valence-electron chi connectivity index (χ1n) is 5.82. The Hall–Kier alpha value is -0.780. The number of hydrogen-bond acceptors (Lipinski definition) is 3. The van der Waals surface area contributed by atoms with Crippen molar-refractivity contribution in [3.63, 3.8) is 0 Å². The molecule has 2 atom stereocenters. The molecule has 3 nitrogen and oxygen atoms in total. The molecular weight excluding hydrogens is 235 g/mol. The fourth-order valence-electron chi connectivity index (χ4n) is 2.23. The average molecular weight is 253 g/mol. The molecule has 1 aliphatic carbocycles. The van der Waals surface area contributed by atoms with Crippen LogP contribution in [0.15, 0.2) is 0 Å². The Bertz CT molecular complexity index is 256. The first-order valence-corrected chi connectivity index (χ1v) is 5.82. The van der Waals surface area contributed by atoms with E-state index in [2.05, 4.69) is 10.1 Å². The number of rotatable bonds is 4. The monoisotopic (exact) mass is 253 g/mol. The third-order valence-electron chi connectivity index (χ3n) is 3.15. The van der Waals surface area contributed by atoms with Gasteiger partial charge in [-0.25, -0.2) is 0 Å². The van der Waals surface area contributed by atoms with E-state index < -0.39 is 24.1 Å². The highest BCUT2D eigenvalue weighted by atomic mass is 19.4. The second kappa shape index (κ2) is 6.23. The Morgan fingerprint density at radius 2 is 2.00 bits per heavy atom. The number of methoxy groups -OCH3 is 1. The first-order chi connectivity index (χ1) is 7.95. The van der Waals surface area contributed by atoms with Crippen LogP contribution < -0.4 is 5.32 Å². The first kappa shape index (κ1) is 14.3. The summed E-state index contributed by atoms with van der Waals surface area (Å²) in [7, 11) is 1.27. The standard InChI is InChI=1S/C11H18F3NO2/c1-17-10(16)6-7-15-9-5-3-2-4-8(9)11(12,13)14/h8-9,15H,2-7H2,1H3. The van der Waals surface area contributed by atoms with Crippen molar-refractivity contribution in [2.75, 3.05) is 13.7 Å². The smallest absolute Gasteiger partial charge is 0.393 e. The van der Waals surface area contributed by atoms with E-state index in [0.29, 0.717) is 12.8 Å². The van der Waals surface area contributed by atoms with E-state index >= 15 is 0 Å². The van der Waals surface area contributed by atoms with Gasteiger partial charge in [0.25, 0.3) is 0 Å². The molecule has 0 bridgehead atoms. The van der Waals surface area contributed by atoms with E-state index in [1.54, 1.807) is 0 Å². The van der Waals surface area contributed by atoms with E-state index in [4.69, 9.17) is 0 Å². The van der Waals surface area contributed by atoms with Crippen molar-refractivity contribution < 1.29 is 22.7 Å². The molecule has 17 heavy (non-hydrogen) atoms. The summed E-state index contributed by atoms with van der Waals surface area (Å²) >= 11 is 0. The maximum Gasteiger partial charge on any atom is 0.393 e. The quantitative estimate of drug-likeness (QED) is 0.781. The molecule has 0 saturated heterocycles. The van der Waals surface area contributed by atoms with Gasteiger partial charge in [-0.2, -0.15) is 13.2 Å². The van der Waals surface area contributed by atoms with Crippen LogP contribution in [0.5, 0.6) is 0 Å². The van der Waals surface area contributed by atoms with Gasteiger partial charge in [0, 0.05) is 12.6 Å². The fourth-order valence-corrected chi connectivity index (χ4v) is 2.23. The number of nitrogens with one attached hydrogen (secondary N) is 1. The number of esters is 1. The molecule has 0 aliphatic heterocycles. The predicted octanol–water partition coefficient (Wildman–Crippen LogP) is 2.26. The molecular formula is C11H18F3NO2. The van der Waals surface area contributed by atoms with Crippen molar-refractivity contribution >= 4 is 5.97 Å². The van der Waals surface area contributed by atoms with Crippen LogP contribution >= 0.6 is 0 Å². The Morgan fingerprint density at radius 1 is 1.35 bits per heavy atom. The van der Waals surface area contributed by atoms with Crippen LogP contribution in [0.2, 0.25) is 0 Å². The Balaban J connectivity index is 2.41. The molecule has 2 unspecified atom stereocenters. The molecule has 1 saturated carbocycles. The Kier molecular flexibility index (Phi) is 5.24. The van der Waals surface area contributed by atoms with Crippen LogP contribution in [0.3, 0.4) is 0 Å². The van der Waals surface area contributed by atoms with Gasteiger partial charge in [-0.15, -0.1) is 0 Å². The maximum atomic E-state index is 12.7. The normalized spacial score (nSPS) is 25.6. The number of ether oxygens (including phenoxy) is 1. The van der Waals surface area contributed by atoms with Crippen molar-refractivity contribution in [3.05, 3.63) is 0 Å². The van der Waals surface area contributed by atoms with Crippen LogP contribution in [0, 0.1) is 5.92 Å². The zero-order valence-electron chi connectivity index (χ0n) is 9.85. The van der Waals surface area contributed by atoms with Crippen LogP contribution in [0.25, 0.3) is 0 Å². The molecule has 1 N–H and O–H groups in total. The molecule has 0 aromatic rings. The summed E-state index contributed by atoms with van der Waals surface area (Å²) in [5.41, 5.74) is 0. The van der Waals surface area contributed by atoms with Crippen LogP contribution in [0.4, 0.5) is 13.2 Å². The van der Waals surface area contributed by atoms with Gasteiger partial charge in [0.05, 0.1) is 19.4 Å². The van der Waals surface area contributed by atoms with E-state index in [1.807, 2.05) is 0 Å². The van der Waals surface area contributed by atoms with Gasteiger partial charge in [0.15, 0.2) is 0 Å². The maximum absolute atomic E-state index is 12.7. The van der Waals surface area contributed by atoms with Crippen molar-refractivity contribution in [1.82, 2.24) is 5.32 Å². The van der Waals surface area contributed by atoms with E-state index in [9.17, 15) is 18.0 Å². The second-order valence-corrected chi connectivity index (χ2v) is 4.32. The Morgan fingerprint density at radius 3 is 2.59 bits per heavy atom. The minimum Gasteiger partial charge on any atom is -0.469 e. The van der Waals surface area contributed by atoms with Gasteiger partial charge < -0.3 is 10.1 Å². The van der Waals surface area contributed by atoms with Gasteiger partial charge >= 0.3 is 12.1 Å². The topological polar surface area (TPSA) is 38.3 Å². The zero-order valence-corrected chi connectivity index (χ0v) is 9.85. The predicted molar refractivity (Wildman–Crippen MR) is 56.4 cm³/mol. The number of hydrogen-bond donors (Lipinski definition) is 1. The molecule has 1 fully saturated rings. The number of alkyl halides is 3. The Labute approximate surface area is 98.7 Å². The summed E-state index contributed by atoms with van der Waals surface area (Å²) in [6, 6.07) is -0.562. The van der Waals surface area contributed by atoms with Gasteiger partial charge in [0.1, 0.15) is 0 Å². The highest BCUT2D eigenvalue weighted by Gasteiger charge is 2.45. The number of carbonyl (C=O) groups excluding carboxylic acids is 1. The largest absolute Gasteiger partial charge is 0.469 e. The third kappa shape index (κ3) is 4.53. The highest BCUT2D eigenvalue weighted by molar-refractivity contribution is 5.69. The lowest BCUT2D eigenvalue weighted by Crippen LogP contribution is -2.46. The molecule has 0 amide bonds. The fraction of sp³-hybridized carbons (Fsp3) is 0.909. The summed E-state index contributed by atoms with van der Waals surface area (Å²) in [5, 5.41) is 2.82. The molecule has 0 radical (unpaired) electrons. The van der Waals surface area contributed by atoms with E-state index in [-0.39, 0.29) is 19.4 Å². The van der Waals surface area contributed by atoms with Gasteiger partial charge in [-0.3, -0.25) is 4.79 Å². The molecule has 1 rings (SSSR count). The molecule has 0 spiro atoms. The summed E-state index contributed by atoms with van der Waals surface area (Å²) in [4.78, 5) is 10.8. The molecule has 0 aromatic heterocycles. The van der Waals surface area contributed by atoms with Crippen LogP contribution in [-0.4, -0.2) is 31.8 Å². The summed E-state index contributed by atoms with van der Waals surface area (Å²) < 4.78 is 42.6. The van der Waals surface area contributed by atoms with Crippen LogP contribution in [0.1, 0.15) is 32.1 Å². The second-order valence-electron chi connectivity index (χ2n) is 4.32. The van der Waals surface area contributed by atoms with Crippen molar-refractivity contribution in [2.45, 2.75) is 44.3 Å². The van der Waals surface area contributed by atoms with Crippen molar-refractivity contribution in [2.24, 2.45) is 5.92 Å². The molecule has 0 heterocycles. The lowest BCUT2D eigenvalue weighted by molar-refractivity contribution is -0.188. The van der Waals surface area contributed by atoms with Crippen molar-refractivity contribution in [3.8, 4) is 0 Å². The van der Waals surface area contributed by atoms with E-state index in [1.165, 1.54) is 7.11 Å². The minimum absolute atomic E-state index is 0.109. The highest BCUT2D eigenvalue weighted by Crippen LogP contribution is 2.37. The SMILES string of the molecule is COC(=O)CCNC1CCCCC1C(F)(F)F. The number of halogens is 3. The zero-order chi connectivity index (χ0) is 12.9. The molecule has 6 heteroatoms. The van der Waals surface area contributed by atoms with Gasteiger partial charge in [-0.05, 0) is 12.8 Å². The molecule has 1 aliphatic rings. The summed E-state index contributed by atoms with van der Waals surface area (Å²) in [5.74, 6) is -1.69. The third-order valence-corrected chi connectivity index (χ3v) is 3.15. The van der Waals surface area contributed by atoms with Gasteiger partial charge in [0.2, 0.25) is 0 Å². The lowest BCUT2D eigenvalue weighted by atomic mass is 9.84.